The number of hydrogen-bond donors (Lipinski definition) is 2. The number of furan rings is 1. The van der Waals surface area contributed by atoms with Crippen LogP contribution in [0.15, 0.2) is 21.2 Å². The summed E-state index contributed by atoms with van der Waals surface area (Å²) in [5.74, 6) is 0.621. The molecular formula is C12H16BrNO3. The smallest absolute Gasteiger partial charge is 0.287 e. The minimum Gasteiger partial charge on any atom is -0.444 e. The summed E-state index contributed by atoms with van der Waals surface area (Å²) in [6.07, 6.45) is 3.48. The van der Waals surface area contributed by atoms with Gasteiger partial charge in [0.2, 0.25) is 0 Å². The molecule has 0 saturated heterocycles. The fourth-order valence-electron chi connectivity index (χ4n) is 2.11. The van der Waals surface area contributed by atoms with Crippen molar-refractivity contribution in [1.29, 1.82) is 0 Å². The van der Waals surface area contributed by atoms with E-state index >= 15 is 0 Å². The average Bonchev–Trinajstić information content (AvgIpc) is 2.75. The van der Waals surface area contributed by atoms with Gasteiger partial charge in [0.05, 0.1) is 6.10 Å². The molecule has 0 unspecified atom stereocenters. The van der Waals surface area contributed by atoms with Gasteiger partial charge in [-0.25, -0.2) is 0 Å². The Hall–Kier alpha value is -0.810. The summed E-state index contributed by atoms with van der Waals surface area (Å²) in [6.45, 7) is 0.657. The summed E-state index contributed by atoms with van der Waals surface area (Å²) in [5.41, 5.74) is 0. The number of carbonyl (C=O) groups excluding carboxylic acids is 1. The Bertz CT molecular complexity index is 383. The van der Waals surface area contributed by atoms with Crippen molar-refractivity contribution in [1.82, 2.24) is 5.32 Å². The number of halogens is 1. The molecule has 1 aliphatic rings. The summed E-state index contributed by atoms with van der Waals surface area (Å²) in [4.78, 5) is 11.7. The van der Waals surface area contributed by atoms with E-state index in [9.17, 15) is 9.90 Å². The van der Waals surface area contributed by atoms with Crippen LogP contribution in [0.25, 0.3) is 0 Å². The van der Waals surface area contributed by atoms with Crippen molar-refractivity contribution in [3.63, 3.8) is 0 Å². The molecule has 1 fully saturated rings. The van der Waals surface area contributed by atoms with E-state index in [0.717, 1.165) is 25.7 Å². The van der Waals surface area contributed by atoms with E-state index in [2.05, 4.69) is 21.2 Å². The maximum atomic E-state index is 11.7. The minimum atomic E-state index is -0.179. The minimum absolute atomic E-state index is 0.150. The molecule has 1 amide bonds. The molecule has 0 bridgehead atoms. The Morgan fingerprint density at radius 2 is 2.12 bits per heavy atom. The molecule has 17 heavy (non-hydrogen) atoms. The summed E-state index contributed by atoms with van der Waals surface area (Å²) in [7, 11) is 0. The first-order valence-electron chi connectivity index (χ1n) is 5.87. The van der Waals surface area contributed by atoms with Crippen LogP contribution in [0.4, 0.5) is 0 Å². The highest BCUT2D eigenvalue weighted by Gasteiger charge is 2.20. The second-order valence-corrected chi connectivity index (χ2v) is 5.27. The lowest BCUT2D eigenvalue weighted by atomic mass is 9.87. The van der Waals surface area contributed by atoms with Crippen LogP contribution < -0.4 is 5.32 Å². The Morgan fingerprint density at radius 3 is 2.71 bits per heavy atom. The lowest BCUT2D eigenvalue weighted by molar-refractivity contribution is 0.0885. The molecule has 5 heteroatoms. The molecule has 0 aromatic carbocycles. The summed E-state index contributed by atoms with van der Waals surface area (Å²) >= 11 is 3.16. The average molecular weight is 302 g/mol. The van der Waals surface area contributed by atoms with E-state index in [1.54, 1.807) is 12.1 Å². The van der Waals surface area contributed by atoms with E-state index in [1.165, 1.54) is 0 Å². The molecule has 94 valence electrons. The number of amides is 1. The lowest BCUT2D eigenvalue weighted by Gasteiger charge is -2.25. The summed E-state index contributed by atoms with van der Waals surface area (Å²) < 4.78 is 5.73. The second-order valence-electron chi connectivity index (χ2n) is 4.49. The van der Waals surface area contributed by atoms with Gasteiger partial charge in [0.15, 0.2) is 10.4 Å². The van der Waals surface area contributed by atoms with Gasteiger partial charge >= 0.3 is 0 Å². The summed E-state index contributed by atoms with van der Waals surface area (Å²) in [5, 5.41) is 12.2. The largest absolute Gasteiger partial charge is 0.444 e. The molecule has 1 aromatic heterocycles. The number of aliphatic hydroxyl groups is 1. The standard InChI is InChI=1S/C12H16BrNO3/c13-11-6-5-10(17-11)12(16)14-7-8-1-3-9(15)4-2-8/h5-6,8-9,15H,1-4,7H2,(H,14,16). The zero-order valence-electron chi connectivity index (χ0n) is 9.49. The molecule has 2 N–H and O–H groups in total. The first kappa shape index (κ1) is 12.6. The van der Waals surface area contributed by atoms with Crippen LogP contribution in [0.5, 0.6) is 0 Å². The summed E-state index contributed by atoms with van der Waals surface area (Å²) in [6, 6.07) is 3.34. The van der Waals surface area contributed by atoms with Crippen molar-refractivity contribution < 1.29 is 14.3 Å². The Labute approximate surface area is 109 Å². The van der Waals surface area contributed by atoms with Gasteiger partial charge < -0.3 is 14.8 Å². The Morgan fingerprint density at radius 1 is 1.41 bits per heavy atom. The number of rotatable bonds is 3. The van der Waals surface area contributed by atoms with Crippen LogP contribution in [0.1, 0.15) is 36.2 Å². The van der Waals surface area contributed by atoms with Gasteiger partial charge in [-0.2, -0.15) is 0 Å². The molecular weight excluding hydrogens is 286 g/mol. The maximum Gasteiger partial charge on any atom is 0.287 e. The first-order valence-corrected chi connectivity index (χ1v) is 6.66. The van der Waals surface area contributed by atoms with Crippen molar-refractivity contribution in [3.05, 3.63) is 22.6 Å². The van der Waals surface area contributed by atoms with Crippen molar-refractivity contribution in [3.8, 4) is 0 Å². The van der Waals surface area contributed by atoms with E-state index in [0.29, 0.717) is 22.9 Å². The second kappa shape index (κ2) is 5.69. The maximum absolute atomic E-state index is 11.7. The normalized spacial score (nSPS) is 24.6. The quantitative estimate of drug-likeness (QED) is 0.900. The van der Waals surface area contributed by atoms with Crippen LogP contribution in [0.2, 0.25) is 0 Å². The van der Waals surface area contributed by atoms with Gasteiger partial charge in [-0.3, -0.25) is 4.79 Å². The van der Waals surface area contributed by atoms with Gasteiger partial charge in [0, 0.05) is 6.54 Å². The third-order valence-corrected chi connectivity index (χ3v) is 3.59. The van der Waals surface area contributed by atoms with Gasteiger partial charge in [-0.15, -0.1) is 0 Å². The predicted molar refractivity (Wildman–Crippen MR) is 66.7 cm³/mol. The SMILES string of the molecule is O=C(NCC1CCC(O)CC1)c1ccc(Br)o1. The van der Waals surface area contributed by atoms with E-state index in [4.69, 9.17) is 4.42 Å². The third-order valence-electron chi connectivity index (χ3n) is 3.16. The third kappa shape index (κ3) is 3.57. The number of nitrogens with one attached hydrogen (secondary N) is 1. The Balaban J connectivity index is 1.76. The van der Waals surface area contributed by atoms with Crippen molar-refractivity contribution in [2.75, 3.05) is 6.54 Å². The molecule has 0 atom stereocenters. The Kier molecular flexibility index (Phi) is 4.23. The van der Waals surface area contributed by atoms with Gasteiger partial charge in [-0.1, -0.05) is 0 Å². The molecule has 1 heterocycles. The van der Waals surface area contributed by atoms with Gasteiger partial charge in [-0.05, 0) is 59.7 Å². The molecule has 4 nitrogen and oxygen atoms in total. The fourth-order valence-corrected chi connectivity index (χ4v) is 2.42. The number of aliphatic hydroxyl groups excluding tert-OH is 1. The highest BCUT2D eigenvalue weighted by molar-refractivity contribution is 9.10. The molecule has 1 aliphatic carbocycles. The lowest BCUT2D eigenvalue weighted by Crippen LogP contribution is -2.31. The molecule has 1 aromatic rings. The number of carbonyl (C=O) groups is 1. The van der Waals surface area contributed by atoms with E-state index in [-0.39, 0.29) is 12.0 Å². The van der Waals surface area contributed by atoms with Crippen LogP contribution in [0, 0.1) is 5.92 Å². The van der Waals surface area contributed by atoms with Crippen LogP contribution in [0.3, 0.4) is 0 Å². The van der Waals surface area contributed by atoms with E-state index < -0.39 is 0 Å². The van der Waals surface area contributed by atoms with Crippen LogP contribution >= 0.6 is 15.9 Å². The molecule has 0 spiro atoms. The van der Waals surface area contributed by atoms with Crippen molar-refractivity contribution >= 4 is 21.8 Å². The van der Waals surface area contributed by atoms with Crippen LogP contribution in [-0.2, 0) is 0 Å². The van der Waals surface area contributed by atoms with Crippen molar-refractivity contribution in [2.45, 2.75) is 31.8 Å². The zero-order chi connectivity index (χ0) is 12.3. The molecule has 2 rings (SSSR count). The molecule has 1 saturated carbocycles. The van der Waals surface area contributed by atoms with Gasteiger partial charge in [0.1, 0.15) is 0 Å². The van der Waals surface area contributed by atoms with Crippen LogP contribution in [-0.4, -0.2) is 23.7 Å². The number of hydrogen-bond acceptors (Lipinski definition) is 3. The first-order chi connectivity index (χ1) is 8.15. The highest BCUT2D eigenvalue weighted by Crippen LogP contribution is 2.23. The predicted octanol–water partition coefficient (Wildman–Crippen LogP) is 2.32. The zero-order valence-corrected chi connectivity index (χ0v) is 11.1. The van der Waals surface area contributed by atoms with Crippen molar-refractivity contribution in [2.24, 2.45) is 5.92 Å². The highest BCUT2D eigenvalue weighted by atomic mass is 79.9. The fraction of sp³-hybridized carbons (Fsp3) is 0.583. The topological polar surface area (TPSA) is 62.5 Å². The van der Waals surface area contributed by atoms with Gasteiger partial charge in [0.25, 0.3) is 5.91 Å². The molecule has 0 radical (unpaired) electrons. The molecule has 0 aliphatic heterocycles. The van der Waals surface area contributed by atoms with E-state index in [1.807, 2.05) is 0 Å². The monoisotopic (exact) mass is 301 g/mol.